The van der Waals surface area contributed by atoms with Crippen LogP contribution in [0.3, 0.4) is 0 Å². The van der Waals surface area contributed by atoms with Crippen LogP contribution in [0.25, 0.3) is 0 Å². The van der Waals surface area contributed by atoms with Crippen molar-refractivity contribution in [3.8, 4) is 0 Å². The number of primary sulfonamides is 1. The molecule has 0 amide bonds. The van der Waals surface area contributed by atoms with Crippen molar-refractivity contribution in [3.05, 3.63) is 11.5 Å². The molecule has 2 N–H and O–H groups in total. The third kappa shape index (κ3) is 11.5. The first-order chi connectivity index (χ1) is 3.56. The Labute approximate surface area is 61.4 Å². The smallest absolute Gasteiger partial charge is 0.225 e. The number of halogens is 1. The molecule has 9 heavy (non-hydrogen) atoms. The van der Waals surface area contributed by atoms with Gasteiger partial charge in [-0.2, -0.15) is 0 Å². The molecule has 0 saturated carbocycles. The van der Waals surface area contributed by atoms with E-state index < -0.39 is 10.0 Å². The van der Waals surface area contributed by atoms with Gasteiger partial charge in [-0.1, -0.05) is 13.0 Å². The molecule has 0 atom stereocenters. The van der Waals surface area contributed by atoms with Gasteiger partial charge in [0.15, 0.2) is 0 Å². The summed E-state index contributed by atoms with van der Waals surface area (Å²) in [4.78, 5) is 0. The molecule has 0 fully saturated rings. The molecule has 0 radical (unpaired) electrons. The van der Waals surface area contributed by atoms with E-state index in [1.807, 2.05) is 6.92 Å². The van der Waals surface area contributed by atoms with Crippen LogP contribution in [0.5, 0.6) is 0 Å². The Balaban J connectivity index is 0. The Bertz CT molecular complexity index is 173. The molecule has 0 aromatic carbocycles. The molecular weight excluding hydrogens is 162 g/mol. The number of rotatable bonds is 2. The van der Waals surface area contributed by atoms with Crippen molar-refractivity contribution < 1.29 is 8.42 Å². The molecule has 3 nitrogen and oxygen atoms in total. The second kappa shape index (κ2) is 4.78. The second-order valence-corrected chi connectivity index (χ2v) is 2.82. The largest absolute Gasteiger partial charge is 0.230 e. The first-order valence-electron chi connectivity index (χ1n) is 2.25. The molecular formula is C4H10ClNO2S. The molecule has 5 heteroatoms. The van der Waals surface area contributed by atoms with Crippen LogP contribution >= 0.6 is 12.4 Å². The summed E-state index contributed by atoms with van der Waals surface area (Å²) in [6.45, 7) is 1.84. The normalized spacial score (nSPS) is 11.3. The lowest BCUT2D eigenvalue weighted by atomic mass is 10.5. The first-order valence-corrected chi connectivity index (χ1v) is 3.86. The van der Waals surface area contributed by atoms with E-state index in [1.165, 1.54) is 6.08 Å². The van der Waals surface area contributed by atoms with Crippen molar-refractivity contribution in [2.45, 2.75) is 13.3 Å². The highest BCUT2D eigenvalue weighted by Crippen LogP contribution is 1.83. The highest BCUT2D eigenvalue weighted by Gasteiger charge is 1.88. The van der Waals surface area contributed by atoms with E-state index in [0.717, 1.165) is 5.41 Å². The fraction of sp³-hybridized carbons (Fsp3) is 0.500. The summed E-state index contributed by atoms with van der Waals surface area (Å²) in [5, 5.41) is 5.60. The molecule has 0 aliphatic rings. The van der Waals surface area contributed by atoms with Crippen LogP contribution in [0.15, 0.2) is 11.5 Å². The standard InChI is InChI=1S/C4H9NO2S.ClH/c1-2-3-4-8(5,6)7;/h3-4H,2H2,1H3,(H2,5,6,7);1H. The maximum Gasteiger partial charge on any atom is 0.230 e. The van der Waals surface area contributed by atoms with Gasteiger partial charge in [-0.15, -0.1) is 12.4 Å². The third-order valence-electron chi connectivity index (χ3n) is 0.522. The molecule has 0 aliphatic carbocycles. The summed E-state index contributed by atoms with van der Waals surface area (Å²) in [5.41, 5.74) is 0. The molecule has 0 unspecified atom stereocenters. The van der Waals surface area contributed by atoms with Gasteiger partial charge in [-0.3, -0.25) is 0 Å². The van der Waals surface area contributed by atoms with Crippen LogP contribution in [-0.4, -0.2) is 8.42 Å². The fourth-order valence-corrected chi connectivity index (χ4v) is 0.691. The zero-order valence-corrected chi connectivity index (χ0v) is 6.71. The highest BCUT2D eigenvalue weighted by atomic mass is 35.5. The summed E-state index contributed by atoms with van der Waals surface area (Å²) in [7, 11) is -3.37. The molecule has 0 aromatic rings. The SMILES string of the molecule is CCC=CS(N)(=O)=O.Cl. The van der Waals surface area contributed by atoms with Gasteiger partial charge in [0.2, 0.25) is 10.0 Å². The summed E-state index contributed by atoms with van der Waals surface area (Å²) in [6, 6.07) is 0. The van der Waals surface area contributed by atoms with Gasteiger partial charge in [0.25, 0.3) is 0 Å². The number of nitrogens with two attached hydrogens (primary N) is 1. The summed E-state index contributed by atoms with van der Waals surface area (Å²) >= 11 is 0. The van der Waals surface area contributed by atoms with E-state index in [-0.39, 0.29) is 12.4 Å². The van der Waals surface area contributed by atoms with Gasteiger partial charge in [-0.25, -0.2) is 13.6 Å². The van der Waals surface area contributed by atoms with Crippen LogP contribution in [0.2, 0.25) is 0 Å². The summed E-state index contributed by atoms with van der Waals surface area (Å²) in [6.07, 6.45) is 2.19. The molecule has 0 bridgehead atoms. The number of allylic oxidation sites excluding steroid dienone is 1. The summed E-state index contributed by atoms with van der Waals surface area (Å²) < 4.78 is 20.2. The van der Waals surface area contributed by atoms with Crippen LogP contribution < -0.4 is 5.14 Å². The van der Waals surface area contributed by atoms with Gasteiger partial charge in [0, 0.05) is 5.41 Å². The maximum atomic E-state index is 10.1. The summed E-state index contributed by atoms with van der Waals surface area (Å²) in [5.74, 6) is 0. The second-order valence-electron chi connectivity index (χ2n) is 1.37. The van der Waals surface area contributed by atoms with Gasteiger partial charge in [-0.05, 0) is 6.42 Å². The number of hydrogen-bond donors (Lipinski definition) is 1. The van der Waals surface area contributed by atoms with Crippen LogP contribution in [0.1, 0.15) is 13.3 Å². The van der Waals surface area contributed by atoms with E-state index in [4.69, 9.17) is 0 Å². The topological polar surface area (TPSA) is 60.2 Å². The lowest BCUT2D eigenvalue weighted by Crippen LogP contribution is -2.06. The van der Waals surface area contributed by atoms with Crippen molar-refractivity contribution in [1.82, 2.24) is 0 Å². The Morgan fingerprint density at radius 1 is 1.56 bits per heavy atom. The van der Waals surface area contributed by atoms with E-state index in [2.05, 4.69) is 5.14 Å². The highest BCUT2D eigenvalue weighted by molar-refractivity contribution is 7.92. The Morgan fingerprint density at radius 2 is 2.00 bits per heavy atom. The predicted octanol–water partition coefficient (Wildman–Crippen LogP) is 0.620. The van der Waals surface area contributed by atoms with Gasteiger partial charge in [0.1, 0.15) is 0 Å². The van der Waals surface area contributed by atoms with Gasteiger partial charge >= 0.3 is 0 Å². The predicted molar refractivity (Wildman–Crippen MR) is 39.8 cm³/mol. The quantitative estimate of drug-likeness (QED) is 0.662. The average Bonchev–Trinajstić information content (AvgIpc) is 1.59. The molecule has 0 aliphatic heterocycles. The lowest BCUT2D eigenvalue weighted by molar-refractivity contribution is 0.606. The van der Waals surface area contributed by atoms with Crippen molar-refractivity contribution in [2.75, 3.05) is 0 Å². The van der Waals surface area contributed by atoms with E-state index in [0.29, 0.717) is 6.42 Å². The fourth-order valence-electron chi connectivity index (χ4n) is 0.230. The van der Waals surface area contributed by atoms with E-state index in [9.17, 15) is 8.42 Å². The van der Waals surface area contributed by atoms with Crippen molar-refractivity contribution in [3.63, 3.8) is 0 Å². The lowest BCUT2D eigenvalue weighted by Gasteiger charge is -1.80. The van der Waals surface area contributed by atoms with Gasteiger partial charge in [0.05, 0.1) is 0 Å². The molecule has 56 valence electrons. The Hall–Kier alpha value is -0.0600. The maximum absolute atomic E-state index is 10.1. The molecule has 0 saturated heterocycles. The van der Waals surface area contributed by atoms with Crippen molar-refractivity contribution >= 4 is 22.4 Å². The van der Waals surface area contributed by atoms with Crippen LogP contribution in [0.4, 0.5) is 0 Å². The van der Waals surface area contributed by atoms with Crippen LogP contribution in [0, 0.1) is 0 Å². The molecule has 0 heterocycles. The molecule has 0 spiro atoms. The molecule has 0 aromatic heterocycles. The average molecular weight is 172 g/mol. The number of sulfonamides is 1. The third-order valence-corrected chi connectivity index (χ3v) is 1.09. The Kier molecular flexibility index (Phi) is 6.22. The zero-order valence-electron chi connectivity index (χ0n) is 5.07. The minimum absolute atomic E-state index is 0. The van der Waals surface area contributed by atoms with E-state index >= 15 is 0 Å². The van der Waals surface area contributed by atoms with Crippen molar-refractivity contribution in [2.24, 2.45) is 5.14 Å². The molecule has 0 rings (SSSR count). The minimum atomic E-state index is -3.37. The number of hydrogen-bond acceptors (Lipinski definition) is 2. The van der Waals surface area contributed by atoms with E-state index in [1.54, 1.807) is 0 Å². The minimum Gasteiger partial charge on any atom is -0.225 e. The monoisotopic (exact) mass is 171 g/mol. The van der Waals surface area contributed by atoms with Crippen LogP contribution in [-0.2, 0) is 10.0 Å². The zero-order chi connectivity index (χ0) is 6.62. The van der Waals surface area contributed by atoms with Crippen molar-refractivity contribution in [1.29, 1.82) is 0 Å². The Morgan fingerprint density at radius 3 is 2.11 bits per heavy atom. The van der Waals surface area contributed by atoms with Gasteiger partial charge < -0.3 is 0 Å². The first kappa shape index (κ1) is 11.7.